The highest BCUT2D eigenvalue weighted by atomic mass is 32.1. The van der Waals surface area contributed by atoms with Crippen LogP contribution in [0.3, 0.4) is 0 Å². The lowest BCUT2D eigenvalue weighted by Crippen LogP contribution is -2.48. The Labute approximate surface area is 208 Å². The van der Waals surface area contributed by atoms with Crippen LogP contribution in [-0.2, 0) is 20.7 Å². The number of carbonyl (C=O) groups is 3. The predicted octanol–water partition coefficient (Wildman–Crippen LogP) is 4.52. The van der Waals surface area contributed by atoms with Crippen molar-refractivity contribution < 1.29 is 24.2 Å². The molecule has 0 saturated carbocycles. The number of alkyl carbamates (subject to hydrolysis) is 1. The number of fused-ring (bicyclic) bond motifs is 3. The van der Waals surface area contributed by atoms with Gasteiger partial charge >= 0.3 is 12.1 Å². The molecule has 1 heterocycles. The van der Waals surface area contributed by atoms with Crippen LogP contribution in [0.15, 0.2) is 66.0 Å². The van der Waals surface area contributed by atoms with Gasteiger partial charge in [-0.05, 0) is 46.5 Å². The van der Waals surface area contributed by atoms with E-state index in [1.165, 1.54) is 4.90 Å². The third-order valence-corrected chi connectivity index (χ3v) is 7.17. The molecule has 4 rings (SSSR count). The molecule has 3 aromatic rings. The summed E-state index contributed by atoms with van der Waals surface area (Å²) in [6.07, 6.45) is -0.293. The molecule has 1 aliphatic carbocycles. The van der Waals surface area contributed by atoms with Gasteiger partial charge in [-0.25, -0.2) is 4.79 Å². The normalized spacial score (nSPS) is 12.9. The van der Waals surface area contributed by atoms with Crippen molar-refractivity contribution in [3.05, 3.63) is 82.0 Å². The van der Waals surface area contributed by atoms with Gasteiger partial charge in [0.25, 0.3) is 0 Å². The Morgan fingerprint density at radius 3 is 2.29 bits per heavy atom. The van der Waals surface area contributed by atoms with Crippen molar-refractivity contribution in [3.8, 4) is 11.1 Å². The van der Waals surface area contributed by atoms with Gasteiger partial charge in [0.2, 0.25) is 5.91 Å². The van der Waals surface area contributed by atoms with E-state index in [1.54, 1.807) is 18.4 Å². The number of ether oxygens (including phenoxy) is 1. The standard InChI is InChI=1S/C27H28N2O5S/c1-29(15-14-18-7-6-16-35-18)26(32)24(12-13-25(30)31)28-27(33)34-17-23-21-10-4-2-8-19(21)20-9-3-5-11-22(20)23/h2-11,16,23-24H,12-15,17H2,1H3,(H,28,33)(H,30,31). The molecule has 1 aliphatic rings. The number of aliphatic carboxylic acids is 1. The largest absolute Gasteiger partial charge is 0.481 e. The van der Waals surface area contributed by atoms with Crippen molar-refractivity contribution in [2.24, 2.45) is 0 Å². The molecule has 8 heteroatoms. The summed E-state index contributed by atoms with van der Waals surface area (Å²) in [7, 11) is 1.66. The number of amides is 2. The Morgan fingerprint density at radius 1 is 1.03 bits per heavy atom. The maximum absolute atomic E-state index is 13.0. The minimum absolute atomic E-state index is 0.0122. The lowest BCUT2D eigenvalue weighted by molar-refractivity contribution is -0.137. The maximum atomic E-state index is 13.0. The van der Waals surface area contributed by atoms with E-state index in [-0.39, 0.29) is 31.3 Å². The molecule has 35 heavy (non-hydrogen) atoms. The first-order chi connectivity index (χ1) is 16.9. The molecule has 2 N–H and O–H groups in total. The van der Waals surface area contributed by atoms with Gasteiger partial charge in [0.05, 0.1) is 0 Å². The quantitative estimate of drug-likeness (QED) is 0.434. The van der Waals surface area contributed by atoms with E-state index >= 15 is 0 Å². The lowest BCUT2D eigenvalue weighted by atomic mass is 9.98. The number of carboxylic acid groups (broad SMARTS) is 1. The average molecular weight is 493 g/mol. The van der Waals surface area contributed by atoms with Crippen molar-refractivity contribution in [1.82, 2.24) is 10.2 Å². The van der Waals surface area contributed by atoms with Crippen LogP contribution in [0.5, 0.6) is 0 Å². The fraction of sp³-hybridized carbons (Fsp3) is 0.296. The summed E-state index contributed by atoms with van der Waals surface area (Å²) >= 11 is 1.61. The Kier molecular flexibility index (Phi) is 7.82. The molecule has 1 aromatic heterocycles. The molecule has 0 spiro atoms. The first-order valence-electron chi connectivity index (χ1n) is 11.5. The van der Waals surface area contributed by atoms with Crippen LogP contribution in [0.4, 0.5) is 4.79 Å². The third kappa shape index (κ3) is 5.89. The summed E-state index contributed by atoms with van der Waals surface area (Å²) in [6.45, 7) is 0.587. The van der Waals surface area contributed by atoms with Gasteiger partial charge < -0.3 is 20.1 Å². The predicted molar refractivity (Wildman–Crippen MR) is 135 cm³/mol. The Bertz CT molecular complexity index is 1150. The highest BCUT2D eigenvalue weighted by Crippen LogP contribution is 2.44. The number of likely N-dealkylation sites (N-methyl/N-ethyl adjacent to an activating group) is 1. The molecule has 1 unspecified atom stereocenters. The molecule has 2 amide bonds. The number of hydrogen-bond acceptors (Lipinski definition) is 5. The highest BCUT2D eigenvalue weighted by Gasteiger charge is 2.30. The molecule has 0 saturated heterocycles. The van der Waals surface area contributed by atoms with Crippen LogP contribution in [0.2, 0.25) is 0 Å². The SMILES string of the molecule is CN(CCc1cccs1)C(=O)C(CCC(=O)O)NC(=O)OCC1c2ccccc2-c2ccccc21. The third-order valence-electron chi connectivity index (χ3n) is 6.23. The zero-order chi connectivity index (χ0) is 24.8. The van der Waals surface area contributed by atoms with E-state index in [2.05, 4.69) is 17.4 Å². The Hall–Kier alpha value is -3.65. The van der Waals surface area contributed by atoms with Crippen LogP contribution in [-0.4, -0.2) is 54.2 Å². The molecular weight excluding hydrogens is 464 g/mol. The highest BCUT2D eigenvalue weighted by molar-refractivity contribution is 7.09. The van der Waals surface area contributed by atoms with Gasteiger partial charge in [0, 0.05) is 30.8 Å². The van der Waals surface area contributed by atoms with Crippen LogP contribution in [0.25, 0.3) is 11.1 Å². The molecule has 182 valence electrons. The number of nitrogens with one attached hydrogen (secondary N) is 1. The Balaban J connectivity index is 1.39. The topological polar surface area (TPSA) is 95.9 Å². The van der Waals surface area contributed by atoms with E-state index in [4.69, 9.17) is 9.84 Å². The summed E-state index contributed by atoms with van der Waals surface area (Å²) < 4.78 is 5.56. The second-order valence-electron chi connectivity index (χ2n) is 8.54. The molecule has 0 aliphatic heterocycles. The summed E-state index contributed by atoms with van der Waals surface area (Å²) in [5.74, 6) is -1.47. The van der Waals surface area contributed by atoms with Crippen LogP contribution in [0.1, 0.15) is 34.8 Å². The van der Waals surface area contributed by atoms with E-state index in [0.717, 1.165) is 27.1 Å². The zero-order valence-corrected chi connectivity index (χ0v) is 20.3. The van der Waals surface area contributed by atoms with Gasteiger partial charge in [-0.1, -0.05) is 54.6 Å². The van der Waals surface area contributed by atoms with Gasteiger partial charge in [-0.15, -0.1) is 11.3 Å². The minimum Gasteiger partial charge on any atom is -0.481 e. The maximum Gasteiger partial charge on any atom is 0.407 e. The lowest BCUT2D eigenvalue weighted by Gasteiger charge is -2.24. The van der Waals surface area contributed by atoms with Gasteiger partial charge in [-0.3, -0.25) is 9.59 Å². The monoisotopic (exact) mass is 492 g/mol. The number of rotatable bonds is 10. The molecule has 7 nitrogen and oxygen atoms in total. The second-order valence-corrected chi connectivity index (χ2v) is 9.58. The van der Waals surface area contributed by atoms with Crippen molar-refractivity contribution >= 4 is 29.3 Å². The second kappa shape index (κ2) is 11.2. The van der Waals surface area contributed by atoms with Crippen molar-refractivity contribution in [1.29, 1.82) is 0 Å². The van der Waals surface area contributed by atoms with Gasteiger partial charge in [-0.2, -0.15) is 0 Å². The Morgan fingerprint density at radius 2 is 1.69 bits per heavy atom. The number of benzene rings is 2. The fourth-order valence-electron chi connectivity index (χ4n) is 4.42. The molecule has 0 fully saturated rings. The molecule has 2 aromatic carbocycles. The van der Waals surface area contributed by atoms with Crippen molar-refractivity contribution in [3.63, 3.8) is 0 Å². The zero-order valence-electron chi connectivity index (χ0n) is 19.5. The van der Waals surface area contributed by atoms with E-state index < -0.39 is 18.1 Å². The number of thiophene rings is 1. The average Bonchev–Trinajstić information content (AvgIpc) is 3.49. The van der Waals surface area contributed by atoms with Gasteiger partial charge in [0.1, 0.15) is 12.6 Å². The van der Waals surface area contributed by atoms with Crippen LogP contribution < -0.4 is 5.32 Å². The first kappa shape index (κ1) is 24.5. The fourth-order valence-corrected chi connectivity index (χ4v) is 5.11. The molecule has 1 atom stereocenters. The van der Waals surface area contributed by atoms with Crippen LogP contribution >= 0.6 is 11.3 Å². The van der Waals surface area contributed by atoms with Crippen LogP contribution in [0, 0.1) is 0 Å². The minimum atomic E-state index is -1.03. The van der Waals surface area contributed by atoms with Crippen molar-refractivity contribution in [2.45, 2.75) is 31.2 Å². The molecular formula is C27H28N2O5S. The smallest absolute Gasteiger partial charge is 0.407 e. The van der Waals surface area contributed by atoms with E-state index in [0.29, 0.717) is 13.0 Å². The number of carbonyl (C=O) groups excluding carboxylic acids is 2. The van der Waals surface area contributed by atoms with Gasteiger partial charge in [0.15, 0.2) is 0 Å². The van der Waals surface area contributed by atoms with Crippen molar-refractivity contribution in [2.75, 3.05) is 20.2 Å². The summed E-state index contributed by atoms with van der Waals surface area (Å²) in [4.78, 5) is 39.5. The molecule has 0 radical (unpaired) electrons. The first-order valence-corrected chi connectivity index (χ1v) is 12.4. The molecule has 0 bridgehead atoms. The summed E-state index contributed by atoms with van der Waals surface area (Å²) in [5.41, 5.74) is 4.43. The number of hydrogen-bond donors (Lipinski definition) is 2. The summed E-state index contributed by atoms with van der Waals surface area (Å²) in [6, 6.07) is 19.0. The summed E-state index contributed by atoms with van der Waals surface area (Å²) in [5, 5.41) is 13.7. The van der Waals surface area contributed by atoms with E-state index in [9.17, 15) is 14.4 Å². The van der Waals surface area contributed by atoms with E-state index in [1.807, 2.05) is 53.9 Å². The number of nitrogens with zero attached hydrogens (tertiary/aromatic N) is 1. The number of carboxylic acids is 1.